The van der Waals surface area contributed by atoms with E-state index in [4.69, 9.17) is 33.8 Å². The molecule has 5 rings (SSSR count). The number of hydrogen-bond acceptors (Lipinski definition) is 8. The molecule has 2 N–H and O–H groups in total. The van der Waals surface area contributed by atoms with Gasteiger partial charge in [-0.25, -0.2) is 4.98 Å². The molecule has 9 nitrogen and oxygen atoms in total. The van der Waals surface area contributed by atoms with E-state index < -0.39 is 0 Å². The first-order valence-electron chi connectivity index (χ1n) is 14.2. The van der Waals surface area contributed by atoms with Crippen molar-refractivity contribution >= 4 is 23.2 Å². The molecule has 9 heteroatoms. The Balaban J connectivity index is 0.00000124. The molecule has 2 aliphatic rings. The summed E-state index contributed by atoms with van der Waals surface area (Å²) in [4.78, 5) is 16.0. The number of fused-ring (bicyclic) bond motifs is 3. The molecule has 0 atom stereocenters. The van der Waals surface area contributed by atoms with E-state index in [1.165, 1.54) is 37.1 Å². The third kappa shape index (κ3) is 7.33. The Labute approximate surface area is 242 Å². The average Bonchev–Trinajstić information content (AvgIpc) is 3.60. The number of rotatable bonds is 11. The second kappa shape index (κ2) is 13.8. The number of aromatic nitrogens is 1. The van der Waals surface area contributed by atoms with Crippen LogP contribution in [0.3, 0.4) is 0 Å². The minimum absolute atomic E-state index is 0.171. The number of nitrogens with zero attached hydrogens (tertiary/aromatic N) is 2. The molecule has 1 aliphatic heterocycles. The molecule has 222 valence electrons. The summed E-state index contributed by atoms with van der Waals surface area (Å²) >= 11 is 0. The molecule has 1 aliphatic carbocycles. The van der Waals surface area contributed by atoms with E-state index in [0.717, 1.165) is 71.1 Å². The van der Waals surface area contributed by atoms with Crippen molar-refractivity contribution in [1.29, 1.82) is 0 Å². The molecule has 1 saturated heterocycles. The van der Waals surface area contributed by atoms with Crippen LogP contribution in [-0.2, 0) is 24.2 Å². The largest absolute Gasteiger partial charge is 0.497 e. The number of benzene rings is 2. The maximum atomic E-state index is 8.36. The second-order valence-corrected chi connectivity index (χ2v) is 11.3. The van der Waals surface area contributed by atoms with Crippen molar-refractivity contribution in [2.24, 2.45) is 5.41 Å². The SMILES string of the molecule is COc1ccc(CNc2nc3cc(OCCCN4CCCC4)c(OC)cc3c3c2CC(C)(C)C3)c(OC)c1.O=CO. The summed E-state index contributed by atoms with van der Waals surface area (Å²) in [5.74, 6) is 4.04. The van der Waals surface area contributed by atoms with Crippen molar-refractivity contribution in [1.82, 2.24) is 9.88 Å². The summed E-state index contributed by atoms with van der Waals surface area (Å²) in [5.41, 5.74) is 4.79. The zero-order chi connectivity index (χ0) is 29.4. The highest BCUT2D eigenvalue weighted by Gasteiger charge is 2.33. The van der Waals surface area contributed by atoms with Crippen molar-refractivity contribution < 1.29 is 28.8 Å². The van der Waals surface area contributed by atoms with Crippen LogP contribution in [0.1, 0.15) is 49.8 Å². The van der Waals surface area contributed by atoms with Crippen LogP contribution >= 0.6 is 0 Å². The number of carboxylic acid groups (broad SMARTS) is 1. The fraction of sp³-hybridized carbons (Fsp3) is 0.500. The topological polar surface area (TPSA) is 102 Å². The Morgan fingerprint density at radius 2 is 1.68 bits per heavy atom. The predicted octanol–water partition coefficient (Wildman–Crippen LogP) is 5.56. The molecule has 0 unspecified atom stereocenters. The van der Waals surface area contributed by atoms with Crippen LogP contribution in [0, 0.1) is 5.41 Å². The van der Waals surface area contributed by atoms with Gasteiger partial charge in [-0.1, -0.05) is 13.8 Å². The maximum Gasteiger partial charge on any atom is 0.290 e. The van der Waals surface area contributed by atoms with Crippen molar-refractivity contribution in [3.8, 4) is 23.0 Å². The number of nitrogens with one attached hydrogen (secondary N) is 1. The first-order chi connectivity index (χ1) is 19.8. The molecule has 0 radical (unpaired) electrons. The Bertz CT molecular complexity index is 1340. The molecular weight excluding hydrogens is 522 g/mol. The molecule has 2 aromatic carbocycles. The smallest absolute Gasteiger partial charge is 0.290 e. The van der Waals surface area contributed by atoms with E-state index in [1.807, 2.05) is 18.2 Å². The van der Waals surface area contributed by atoms with Gasteiger partial charge < -0.3 is 34.3 Å². The normalized spacial score (nSPS) is 15.5. The van der Waals surface area contributed by atoms with Gasteiger partial charge in [0.25, 0.3) is 6.47 Å². The van der Waals surface area contributed by atoms with Crippen LogP contribution in [0.15, 0.2) is 30.3 Å². The van der Waals surface area contributed by atoms with E-state index in [-0.39, 0.29) is 11.9 Å². The number of anilines is 1. The Morgan fingerprint density at radius 1 is 0.976 bits per heavy atom. The monoisotopic (exact) mass is 565 g/mol. The highest BCUT2D eigenvalue weighted by Crippen LogP contribution is 2.45. The quantitative estimate of drug-likeness (QED) is 0.228. The average molecular weight is 566 g/mol. The minimum atomic E-state index is -0.250. The van der Waals surface area contributed by atoms with Gasteiger partial charge in [-0.15, -0.1) is 0 Å². The van der Waals surface area contributed by atoms with Gasteiger partial charge in [0.05, 0.1) is 33.5 Å². The number of pyridine rings is 1. The number of hydrogen-bond donors (Lipinski definition) is 2. The Morgan fingerprint density at radius 3 is 2.37 bits per heavy atom. The van der Waals surface area contributed by atoms with Crippen molar-refractivity contribution in [3.63, 3.8) is 0 Å². The van der Waals surface area contributed by atoms with Crippen molar-refractivity contribution in [2.45, 2.75) is 52.5 Å². The molecule has 0 saturated carbocycles. The molecular formula is C32H43N3O6. The van der Waals surface area contributed by atoms with Gasteiger partial charge in [0.1, 0.15) is 17.3 Å². The summed E-state index contributed by atoms with van der Waals surface area (Å²) < 4.78 is 23.0. The lowest BCUT2D eigenvalue weighted by Gasteiger charge is -2.18. The highest BCUT2D eigenvalue weighted by atomic mass is 16.5. The molecule has 0 amide bonds. The first kappa shape index (κ1) is 30.2. The van der Waals surface area contributed by atoms with Crippen molar-refractivity contribution in [3.05, 3.63) is 47.0 Å². The Hall–Kier alpha value is -3.72. The minimum Gasteiger partial charge on any atom is -0.497 e. The van der Waals surface area contributed by atoms with Crippen LogP contribution in [0.25, 0.3) is 10.9 Å². The van der Waals surface area contributed by atoms with Gasteiger partial charge in [0, 0.05) is 36.2 Å². The number of carbonyl (C=O) groups is 1. The van der Waals surface area contributed by atoms with Gasteiger partial charge in [-0.3, -0.25) is 4.79 Å². The molecule has 1 fully saturated rings. The van der Waals surface area contributed by atoms with E-state index in [2.05, 4.69) is 36.2 Å². The number of methoxy groups -OCH3 is 3. The summed E-state index contributed by atoms with van der Waals surface area (Å²) in [7, 11) is 5.07. The second-order valence-electron chi connectivity index (χ2n) is 11.3. The highest BCUT2D eigenvalue weighted by molar-refractivity contribution is 5.89. The van der Waals surface area contributed by atoms with Crippen LogP contribution in [0.5, 0.6) is 23.0 Å². The standard InChI is InChI=1S/C31H41N3O4.CH2O2/c1-31(2)18-24-23-16-28(37-5)29(38-14-8-13-34-11-6-7-12-34)17-26(23)33-30(25(24)19-31)32-20-21-9-10-22(35-3)15-27(21)36-4;2-1-3/h9-10,15-17H,6-8,11-14,18-20H2,1-5H3,(H,32,33);1H,(H,2,3). The van der Waals surface area contributed by atoms with E-state index in [9.17, 15) is 0 Å². The van der Waals surface area contributed by atoms with Crippen LogP contribution < -0.4 is 24.3 Å². The van der Waals surface area contributed by atoms with Gasteiger partial charge in [0.15, 0.2) is 11.5 Å². The lowest BCUT2D eigenvalue weighted by Crippen LogP contribution is -2.21. The van der Waals surface area contributed by atoms with Gasteiger partial charge >= 0.3 is 0 Å². The van der Waals surface area contributed by atoms with Crippen LogP contribution in [0.2, 0.25) is 0 Å². The van der Waals surface area contributed by atoms with Crippen molar-refractivity contribution in [2.75, 3.05) is 52.9 Å². The molecule has 3 aromatic rings. The summed E-state index contributed by atoms with van der Waals surface area (Å²) in [6.45, 7) is 9.17. The molecule has 41 heavy (non-hydrogen) atoms. The third-order valence-corrected chi connectivity index (χ3v) is 7.82. The lowest BCUT2D eigenvalue weighted by molar-refractivity contribution is -0.122. The predicted molar refractivity (Wildman–Crippen MR) is 161 cm³/mol. The van der Waals surface area contributed by atoms with Crippen LogP contribution in [-0.4, -0.2) is 69.0 Å². The lowest BCUT2D eigenvalue weighted by atomic mass is 9.90. The zero-order valence-electron chi connectivity index (χ0n) is 24.9. The first-order valence-corrected chi connectivity index (χ1v) is 14.2. The molecule has 2 heterocycles. The Kier molecular flexibility index (Phi) is 10.2. The van der Waals surface area contributed by atoms with Gasteiger partial charge in [-0.2, -0.15) is 0 Å². The third-order valence-electron chi connectivity index (χ3n) is 7.82. The summed E-state index contributed by atoms with van der Waals surface area (Å²) in [6.07, 6.45) is 5.61. The molecule has 1 aromatic heterocycles. The zero-order valence-corrected chi connectivity index (χ0v) is 24.9. The van der Waals surface area contributed by atoms with Crippen LogP contribution in [0.4, 0.5) is 5.82 Å². The number of ether oxygens (including phenoxy) is 4. The van der Waals surface area contributed by atoms with Gasteiger partial charge in [0.2, 0.25) is 0 Å². The fourth-order valence-electron chi connectivity index (χ4n) is 5.86. The van der Waals surface area contributed by atoms with E-state index in [1.54, 1.807) is 21.3 Å². The van der Waals surface area contributed by atoms with E-state index >= 15 is 0 Å². The maximum absolute atomic E-state index is 8.36. The fourth-order valence-corrected chi connectivity index (χ4v) is 5.86. The summed E-state index contributed by atoms with van der Waals surface area (Å²) in [6, 6.07) is 10.1. The van der Waals surface area contributed by atoms with Gasteiger partial charge in [-0.05, 0) is 79.9 Å². The number of likely N-dealkylation sites (tertiary alicyclic amines) is 1. The summed E-state index contributed by atoms with van der Waals surface area (Å²) in [5, 5.41) is 11.7. The van der Waals surface area contributed by atoms with E-state index in [0.29, 0.717) is 13.2 Å². The molecule has 0 spiro atoms. The molecule has 0 bridgehead atoms.